The molecule has 1 heteroatoms. The normalized spacial score (nSPS) is 14.1. The summed E-state index contributed by atoms with van der Waals surface area (Å²) in [5.41, 5.74) is 18.1. The molecule has 11 rings (SSSR count). The zero-order valence-electron chi connectivity index (χ0n) is 32.2. The van der Waals surface area contributed by atoms with Crippen molar-refractivity contribution in [1.29, 1.82) is 0 Å². The third-order valence-corrected chi connectivity index (χ3v) is 12.7. The largest absolute Gasteiger partial charge is 0.309 e. The summed E-state index contributed by atoms with van der Waals surface area (Å²) in [6, 6.07) is 79.1. The Balaban J connectivity index is 1.26. The van der Waals surface area contributed by atoms with Crippen molar-refractivity contribution < 1.29 is 0 Å². The van der Waals surface area contributed by atoms with Crippen molar-refractivity contribution in [3.63, 3.8) is 0 Å². The van der Waals surface area contributed by atoms with Crippen molar-refractivity contribution in [2.75, 3.05) is 4.90 Å². The molecule has 270 valence electrons. The Labute approximate surface area is 335 Å². The minimum absolute atomic E-state index is 0.131. The van der Waals surface area contributed by atoms with Crippen molar-refractivity contribution in [1.82, 2.24) is 0 Å². The first-order valence-electron chi connectivity index (χ1n) is 20.0. The van der Waals surface area contributed by atoms with Gasteiger partial charge in [-0.25, -0.2) is 0 Å². The molecule has 0 saturated carbocycles. The number of hydrogen-bond donors (Lipinski definition) is 0. The van der Waals surface area contributed by atoms with Crippen LogP contribution in [-0.4, -0.2) is 0 Å². The molecule has 1 nitrogen and oxygen atoms in total. The molecule has 2 aliphatic rings. The van der Waals surface area contributed by atoms with Crippen LogP contribution in [0.5, 0.6) is 0 Å². The second-order valence-electron chi connectivity index (χ2n) is 16.0. The first-order valence-corrected chi connectivity index (χ1v) is 20.0. The minimum atomic E-state index is -0.638. The fraction of sp³-hybridized carbons (Fsp3) is 0.0714. The molecule has 0 bridgehead atoms. The Hall–Kier alpha value is -6.96. The van der Waals surface area contributed by atoms with Gasteiger partial charge in [-0.3, -0.25) is 0 Å². The van der Waals surface area contributed by atoms with Gasteiger partial charge in [0.25, 0.3) is 0 Å². The lowest BCUT2D eigenvalue weighted by Gasteiger charge is -2.39. The van der Waals surface area contributed by atoms with E-state index in [2.05, 4.69) is 231 Å². The number of anilines is 3. The molecule has 0 N–H and O–H groups in total. The Kier molecular flexibility index (Phi) is 7.50. The second kappa shape index (κ2) is 12.8. The lowest BCUT2D eigenvalue weighted by Crippen LogP contribution is -2.32. The average molecular weight is 728 g/mol. The highest BCUT2D eigenvalue weighted by Gasteiger charge is 2.44. The van der Waals surface area contributed by atoms with Crippen LogP contribution in [-0.2, 0) is 10.8 Å². The van der Waals surface area contributed by atoms with Crippen molar-refractivity contribution in [2.24, 2.45) is 0 Å². The van der Waals surface area contributed by atoms with Crippen LogP contribution in [0.25, 0.3) is 44.2 Å². The monoisotopic (exact) mass is 727 g/mol. The van der Waals surface area contributed by atoms with Crippen molar-refractivity contribution >= 4 is 27.8 Å². The van der Waals surface area contributed by atoms with Gasteiger partial charge in [0.1, 0.15) is 0 Å². The maximum Gasteiger partial charge on any atom is 0.0714 e. The lowest BCUT2D eigenvalue weighted by molar-refractivity contribution is 0.660. The predicted octanol–water partition coefficient (Wildman–Crippen LogP) is 14.6. The van der Waals surface area contributed by atoms with Crippen molar-refractivity contribution in [2.45, 2.75) is 24.7 Å². The van der Waals surface area contributed by atoms with Crippen LogP contribution in [0.15, 0.2) is 212 Å². The Morgan fingerprint density at radius 1 is 0.351 bits per heavy atom. The average Bonchev–Trinajstić information content (AvgIpc) is 3.44. The van der Waals surface area contributed by atoms with Gasteiger partial charge in [0.05, 0.1) is 16.8 Å². The van der Waals surface area contributed by atoms with Crippen LogP contribution in [0.1, 0.15) is 47.2 Å². The van der Waals surface area contributed by atoms with Crippen LogP contribution in [0.2, 0.25) is 0 Å². The standard InChI is InChI=1S/C56H41N/c1-55(2)48-31-13-12-30-47(48)54-51(55)34-18-36-53(54)57(52-35-16-20-38-19-6-7-25-42(38)52)41-24-17-23-40(37-41)56(39-21-4-3-5-22-39)49-32-14-10-28-45(49)43-26-8-9-27-44(43)46-29-11-15-33-50(46)56/h3-37H,1-2H3. The van der Waals surface area contributed by atoms with Crippen LogP contribution < -0.4 is 4.90 Å². The van der Waals surface area contributed by atoms with Gasteiger partial charge in [-0.1, -0.05) is 202 Å². The summed E-state index contributed by atoms with van der Waals surface area (Å²) >= 11 is 0. The highest BCUT2D eigenvalue weighted by Crippen LogP contribution is 2.57. The van der Waals surface area contributed by atoms with Crippen molar-refractivity contribution in [3.8, 4) is 33.4 Å². The van der Waals surface area contributed by atoms with Crippen LogP contribution >= 0.6 is 0 Å². The second-order valence-corrected chi connectivity index (χ2v) is 16.0. The van der Waals surface area contributed by atoms with Crippen molar-refractivity contribution in [3.05, 3.63) is 246 Å². The number of rotatable bonds is 5. The number of hydrogen-bond acceptors (Lipinski definition) is 1. The first-order chi connectivity index (χ1) is 28.1. The summed E-state index contributed by atoms with van der Waals surface area (Å²) in [5.74, 6) is 0. The summed E-state index contributed by atoms with van der Waals surface area (Å²) in [6.07, 6.45) is 0. The molecule has 2 aliphatic carbocycles. The number of fused-ring (bicyclic) bond motifs is 9. The molecule has 0 saturated heterocycles. The fourth-order valence-corrected chi connectivity index (χ4v) is 10.3. The highest BCUT2D eigenvalue weighted by atomic mass is 15.1. The zero-order valence-corrected chi connectivity index (χ0v) is 32.2. The third kappa shape index (κ3) is 4.82. The third-order valence-electron chi connectivity index (χ3n) is 12.7. The van der Waals surface area contributed by atoms with Crippen LogP contribution in [0, 0.1) is 0 Å². The maximum atomic E-state index is 2.53. The smallest absolute Gasteiger partial charge is 0.0714 e. The van der Waals surface area contributed by atoms with E-state index in [0.29, 0.717) is 0 Å². The molecule has 0 aliphatic heterocycles. The number of benzene rings is 9. The van der Waals surface area contributed by atoms with Crippen LogP contribution in [0.4, 0.5) is 17.1 Å². The van der Waals surface area contributed by atoms with E-state index >= 15 is 0 Å². The number of nitrogens with zero attached hydrogens (tertiary/aromatic N) is 1. The molecule has 0 fully saturated rings. The first kappa shape index (κ1) is 33.4. The molecule has 0 atom stereocenters. The molecule has 57 heavy (non-hydrogen) atoms. The Morgan fingerprint density at radius 3 is 1.56 bits per heavy atom. The van der Waals surface area contributed by atoms with Gasteiger partial charge in [-0.2, -0.15) is 0 Å². The van der Waals surface area contributed by atoms with Gasteiger partial charge < -0.3 is 4.90 Å². The Bertz CT molecular complexity index is 2930. The van der Waals surface area contributed by atoms with E-state index in [1.807, 2.05) is 0 Å². The highest BCUT2D eigenvalue weighted by molar-refractivity contribution is 6.03. The molecule has 9 aromatic rings. The molecular formula is C56H41N. The fourth-order valence-electron chi connectivity index (χ4n) is 10.3. The zero-order chi connectivity index (χ0) is 38.1. The van der Waals surface area contributed by atoms with E-state index in [1.54, 1.807) is 0 Å². The van der Waals surface area contributed by atoms with E-state index in [0.717, 1.165) is 11.4 Å². The maximum absolute atomic E-state index is 2.53. The molecule has 0 unspecified atom stereocenters. The van der Waals surface area contributed by atoms with E-state index in [1.165, 1.54) is 83.2 Å². The topological polar surface area (TPSA) is 3.24 Å². The summed E-state index contributed by atoms with van der Waals surface area (Å²) < 4.78 is 0. The van der Waals surface area contributed by atoms with Gasteiger partial charge in [0.15, 0.2) is 0 Å². The minimum Gasteiger partial charge on any atom is -0.309 e. The van der Waals surface area contributed by atoms with E-state index < -0.39 is 5.41 Å². The Morgan fingerprint density at radius 2 is 0.842 bits per heavy atom. The van der Waals surface area contributed by atoms with Gasteiger partial charge in [0, 0.05) is 22.1 Å². The van der Waals surface area contributed by atoms with Gasteiger partial charge in [-0.05, 0) is 90.8 Å². The summed E-state index contributed by atoms with van der Waals surface area (Å²) in [7, 11) is 0. The predicted molar refractivity (Wildman–Crippen MR) is 239 cm³/mol. The van der Waals surface area contributed by atoms with E-state index in [-0.39, 0.29) is 5.41 Å². The summed E-state index contributed by atoms with van der Waals surface area (Å²) in [6.45, 7) is 4.74. The molecular weight excluding hydrogens is 687 g/mol. The molecule has 0 amide bonds. The molecule has 9 aromatic carbocycles. The van der Waals surface area contributed by atoms with E-state index in [9.17, 15) is 0 Å². The molecule has 0 aromatic heterocycles. The molecule has 0 radical (unpaired) electrons. The molecule has 0 heterocycles. The van der Waals surface area contributed by atoms with Gasteiger partial charge in [0.2, 0.25) is 0 Å². The molecule has 0 spiro atoms. The lowest BCUT2D eigenvalue weighted by atomic mass is 9.63. The van der Waals surface area contributed by atoms with Gasteiger partial charge in [-0.15, -0.1) is 0 Å². The van der Waals surface area contributed by atoms with Crippen LogP contribution in [0.3, 0.4) is 0 Å². The van der Waals surface area contributed by atoms with E-state index in [4.69, 9.17) is 0 Å². The summed E-state index contributed by atoms with van der Waals surface area (Å²) in [5, 5.41) is 2.43. The van der Waals surface area contributed by atoms with Gasteiger partial charge >= 0.3 is 0 Å². The SMILES string of the molecule is CC1(C)c2ccccc2-c2c(N(c3cccc(C4(c5ccccc5)c5ccccc5-c5ccccc5-c5ccccc54)c3)c3cccc4ccccc34)cccc21. The quantitative estimate of drug-likeness (QED) is 0.171. The summed E-state index contributed by atoms with van der Waals surface area (Å²) in [4.78, 5) is 2.53.